The van der Waals surface area contributed by atoms with Crippen LogP contribution in [0.4, 0.5) is 0 Å². The molecule has 4 nitrogen and oxygen atoms in total. The number of rotatable bonds is 5. The Balaban J connectivity index is 1.65. The summed E-state index contributed by atoms with van der Waals surface area (Å²) in [5, 5.41) is 3.97. The van der Waals surface area contributed by atoms with Crippen LogP contribution in [0.25, 0.3) is 11.4 Å². The van der Waals surface area contributed by atoms with Gasteiger partial charge >= 0.3 is 0 Å². The lowest BCUT2D eigenvalue weighted by Crippen LogP contribution is -1.95. The minimum Gasteiger partial charge on any atom is -0.484 e. The smallest absolute Gasteiger partial charge is 0.264 e. The zero-order valence-corrected chi connectivity index (χ0v) is 13.7. The molecule has 0 fully saturated rings. The van der Waals surface area contributed by atoms with E-state index >= 15 is 0 Å². The van der Waals surface area contributed by atoms with Crippen molar-refractivity contribution in [3.63, 3.8) is 0 Å². The zero-order valence-electron chi connectivity index (χ0n) is 12.1. The summed E-state index contributed by atoms with van der Waals surface area (Å²) >= 11 is 3.40. The summed E-state index contributed by atoms with van der Waals surface area (Å²) in [6.07, 6.45) is 1.01. The van der Waals surface area contributed by atoms with Crippen LogP contribution >= 0.6 is 15.9 Å². The monoisotopic (exact) mass is 358 g/mol. The molecule has 0 aliphatic rings. The highest BCUT2D eigenvalue weighted by Gasteiger charge is 2.09. The molecular weight excluding hydrogens is 344 g/mol. The Kier molecular flexibility index (Phi) is 4.53. The second-order valence-electron chi connectivity index (χ2n) is 4.80. The Morgan fingerprint density at radius 2 is 1.77 bits per heavy atom. The number of nitrogens with zero attached hydrogens (tertiary/aromatic N) is 2. The lowest BCUT2D eigenvalue weighted by Gasteiger charge is -2.03. The summed E-state index contributed by atoms with van der Waals surface area (Å²) in [6.45, 7) is 2.38. The molecule has 112 valence electrons. The van der Waals surface area contributed by atoms with Crippen molar-refractivity contribution in [3.05, 3.63) is 64.5 Å². The maximum Gasteiger partial charge on any atom is 0.264 e. The number of benzene rings is 2. The predicted molar refractivity (Wildman–Crippen MR) is 87.6 cm³/mol. The van der Waals surface area contributed by atoms with Gasteiger partial charge in [0.2, 0.25) is 5.82 Å². The quantitative estimate of drug-likeness (QED) is 0.666. The summed E-state index contributed by atoms with van der Waals surface area (Å²) in [7, 11) is 0. The van der Waals surface area contributed by atoms with Crippen LogP contribution in [-0.4, -0.2) is 10.1 Å². The van der Waals surface area contributed by atoms with E-state index in [4.69, 9.17) is 9.26 Å². The normalized spacial score (nSPS) is 10.6. The van der Waals surface area contributed by atoms with Gasteiger partial charge in [0.15, 0.2) is 6.61 Å². The van der Waals surface area contributed by atoms with Crippen molar-refractivity contribution in [1.29, 1.82) is 0 Å². The molecule has 0 bridgehead atoms. The molecule has 5 heteroatoms. The minimum atomic E-state index is 0.259. The number of halogens is 1. The Morgan fingerprint density at radius 1 is 1.05 bits per heavy atom. The van der Waals surface area contributed by atoms with Gasteiger partial charge in [-0.1, -0.05) is 40.1 Å². The first-order valence-corrected chi connectivity index (χ1v) is 7.84. The van der Waals surface area contributed by atoms with E-state index in [2.05, 4.69) is 45.1 Å². The molecular formula is C17H15BrN2O2. The lowest BCUT2D eigenvalue weighted by atomic mass is 10.2. The summed E-state index contributed by atoms with van der Waals surface area (Å²) in [5.74, 6) is 1.81. The van der Waals surface area contributed by atoms with E-state index in [1.807, 2.05) is 36.4 Å². The van der Waals surface area contributed by atoms with Crippen molar-refractivity contribution in [2.45, 2.75) is 20.0 Å². The molecule has 0 radical (unpaired) electrons. The van der Waals surface area contributed by atoms with E-state index in [0.29, 0.717) is 11.7 Å². The minimum absolute atomic E-state index is 0.259. The van der Waals surface area contributed by atoms with Crippen LogP contribution in [0.5, 0.6) is 5.75 Å². The predicted octanol–water partition coefficient (Wildman–Crippen LogP) is 4.64. The number of hydrogen-bond acceptors (Lipinski definition) is 4. The van der Waals surface area contributed by atoms with Crippen LogP contribution in [0.3, 0.4) is 0 Å². The Bertz CT molecular complexity index is 736. The Labute approximate surface area is 137 Å². The Morgan fingerprint density at radius 3 is 2.45 bits per heavy atom. The van der Waals surface area contributed by atoms with Crippen LogP contribution in [0.1, 0.15) is 18.4 Å². The number of hydrogen-bond donors (Lipinski definition) is 0. The van der Waals surface area contributed by atoms with Gasteiger partial charge in [0.1, 0.15) is 5.75 Å². The second kappa shape index (κ2) is 6.75. The van der Waals surface area contributed by atoms with Gasteiger partial charge in [-0.2, -0.15) is 4.98 Å². The summed E-state index contributed by atoms with van der Waals surface area (Å²) < 4.78 is 11.9. The van der Waals surface area contributed by atoms with E-state index in [-0.39, 0.29) is 6.61 Å². The fraction of sp³-hybridized carbons (Fsp3) is 0.176. The van der Waals surface area contributed by atoms with Gasteiger partial charge < -0.3 is 9.26 Å². The molecule has 0 saturated carbocycles. The van der Waals surface area contributed by atoms with Crippen molar-refractivity contribution < 1.29 is 9.26 Å². The highest BCUT2D eigenvalue weighted by atomic mass is 79.9. The van der Waals surface area contributed by atoms with Crippen LogP contribution in [0, 0.1) is 0 Å². The van der Waals surface area contributed by atoms with E-state index in [0.717, 1.165) is 22.2 Å². The van der Waals surface area contributed by atoms with Crippen LogP contribution in [0.2, 0.25) is 0 Å². The first kappa shape index (κ1) is 14.8. The molecule has 0 saturated heterocycles. The van der Waals surface area contributed by atoms with Gasteiger partial charge in [-0.25, -0.2) is 0 Å². The molecule has 0 atom stereocenters. The molecule has 1 aromatic heterocycles. The average Bonchev–Trinajstić information content (AvgIpc) is 3.03. The number of aryl methyl sites for hydroxylation is 1. The molecule has 0 amide bonds. The standard InChI is InChI=1S/C17H15BrN2O2/c1-2-12-3-9-15(10-4-12)21-11-16-19-17(20-22-16)13-5-7-14(18)8-6-13/h3-10H,2,11H2,1H3. The third-order valence-electron chi connectivity index (χ3n) is 3.26. The van der Waals surface area contributed by atoms with Crippen molar-refractivity contribution in [3.8, 4) is 17.1 Å². The topological polar surface area (TPSA) is 48.2 Å². The van der Waals surface area contributed by atoms with Crippen molar-refractivity contribution in [1.82, 2.24) is 10.1 Å². The largest absolute Gasteiger partial charge is 0.484 e. The second-order valence-corrected chi connectivity index (χ2v) is 5.72. The van der Waals surface area contributed by atoms with Crippen molar-refractivity contribution >= 4 is 15.9 Å². The van der Waals surface area contributed by atoms with E-state index in [9.17, 15) is 0 Å². The fourth-order valence-electron chi connectivity index (χ4n) is 2.00. The average molecular weight is 359 g/mol. The van der Waals surface area contributed by atoms with Gasteiger partial charge in [0, 0.05) is 10.0 Å². The molecule has 0 spiro atoms. The summed E-state index contributed by atoms with van der Waals surface area (Å²) in [6, 6.07) is 15.8. The molecule has 2 aromatic carbocycles. The zero-order chi connectivity index (χ0) is 15.4. The first-order valence-electron chi connectivity index (χ1n) is 7.05. The molecule has 0 N–H and O–H groups in total. The summed E-state index contributed by atoms with van der Waals surface area (Å²) in [4.78, 5) is 4.34. The SMILES string of the molecule is CCc1ccc(OCc2nc(-c3ccc(Br)cc3)no2)cc1. The van der Waals surface area contributed by atoms with Gasteiger partial charge in [0.05, 0.1) is 0 Å². The van der Waals surface area contributed by atoms with Gasteiger partial charge in [0.25, 0.3) is 5.89 Å². The number of ether oxygens (including phenoxy) is 1. The van der Waals surface area contributed by atoms with E-state index in [1.54, 1.807) is 0 Å². The van der Waals surface area contributed by atoms with Crippen molar-refractivity contribution in [2.75, 3.05) is 0 Å². The maximum absolute atomic E-state index is 5.66. The van der Waals surface area contributed by atoms with Crippen LogP contribution in [0.15, 0.2) is 57.5 Å². The molecule has 0 aliphatic carbocycles. The van der Waals surface area contributed by atoms with Crippen LogP contribution < -0.4 is 4.74 Å². The Hall–Kier alpha value is -2.14. The molecule has 3 rings (SSSR count). The fourth-order valence-corrected chi connectivity index (χ4v) is 2.26. The molecule has 1 heterocycles. The molecule has 0 aliphatic heterocycles. The first-order chi connectivity index (χ1) is 10.7. The van der Waals surface area contributed by atoms with E-state index < -0.39 is 0 Å². The molecule has 0 unspecified atom stereocenters. The highest BCUT2D eigenvalue weighted by molar-refractivity contribution is 9.10. The molecule has 3 aromatic rings. The summed E-state index contributed by atoms with van der Waals surface area (Å²) in [5.41, 5.74) is 2.19. The molecule has 22 heavy (non-hydrogen) atoms. The number of aromatic nitrogens is 2. The van der Waals surface area contributed by atoms with Crippen LogP contribution in [-0.2, 0) is 13.0 Å². The van der Waals surface area contributed by atoms with Crippen molar-refractivity contribution in [2.24, 2.45) is 0 Å². The lowest BCUT2D eigenvalue weighted by molar-refractivity contribution is 0.243. The van der Waals surface area contributed by atoms with E-state index in [1.165, 1.54) is 5.56 Å². The van der Waals surface area contributed by atoms with Gasteiger partial charge in [-0.3, -0.25) is 0 Å². The maximum atomic E-state index is 5.66. The third-order valence-corrected chi connectivity index (χ3v) is 3.79. The highest BCUT2D eigenvalue weighted by Crippen LogP contribution is 2.20. The van der Waals surface area contributed by atoms with Gasteiger partial charge in [-0.05, 0) is 48.4 Å². The third kappa shape index (κ3) is 3.54. The van der Waals surface area contributed by atoms with Gasteiger partial charge in [-0.15, -0.1) is 0 Å².